The Hall–Kier alpha value is -1.52. The van der Waals surface area contributed by atoms with E-state index in [0.717, 1.165) is 5.56 Å². The van der Waals surface area contributed by atoms with E-state index in [9.17, 15) is 8.78 Å². The summed E-state index contributed by atoms with van der Waals surface area (Å²) in [6, 6.07) is 10.0. The lowest BCUT2D eigenvalue weighted by Gasteiger charge is -2.13. The van der Waals surface area contributed by atoms with Crippen LogP contribution in [0, 0.1) is 6.92 Å². The van der Waals surface area contributed by atoms with Crippen molar-refractivity contribution in [3.63, 3.8) is 0 Å². The number of nitrogens with one attached hydrogen (secondary N) is 1. The lowest BCUT2D eigenvalue weighted by molar-refractivity contribution is -0.0504. The van der Waals surface area contributed by atoms with Crippen molar-refractivity contribution in [2.75, 3.05) is 5.32 Å². The number of hydrogen-bond donors (Lipinski definition) is 1. The van der Waals surface area contributed by atoms with Crippen LogP contribution in [-0.2, 0) is 6.54 Å². The maximum atomic E-state index is 12.3. The molecule has 0 atom stereocenters. The van der Waals surface area contributed by atoms with Gasteiger partial charge in [-0.05, 0) is 30.7 Å². The van der Waals surface area contributed by atoms with Gasteiger partial charge in [-0.2, -0.15) is 8.78 Å². The Morgan fingerprint density at radius 3 is 2.57 bits per heavy atom. The molecule has 0 saturated heterocycles. The van der Waals surface area contributed by atoms with Crippen molar-refractivity contribution in [2.45, 2.75) is 20.1 Å². The molecular weight excluding hydrogens is 319 g/mol. The highest BCUT2D eigenvalue weighted by Crippen LogP contribution is 2.30. The maximum Gasteiger partial charge on any atom is 0.387 e. The zero-order valence-electron chi connectivity index (χ0n) is 11.2. The normalized spacial score (nSPS) is 10.8. The second-order valence-electron chi connectivity index (χ2n) is 4.42. The first-order chi connectivity index (χ1) is 9.97. The van der Waals surface area contributed by atoms with Crippen molar-refractivity contribution in [3.8, 4) is 5.75 Å². The Kier molecular flexibility index (Phi) is 5.26. The first kappa shape index (κ1) is 15.9. The van der Waals surface area contributed by atoms with Crippen molar-refractivity contribution >= 4 is 28.9 Å². The van der Waals surface area contributed by atoms with Crippen molar-refractivity contribution in [1.29, 1.82) is 0 Å². The number of benzene rings is 2. The minimum atomic E-state index is -2.86. The first-order valence-corrected chi connectivity index (χ1v) is 6.95. The van der Waals surface area contributed by atoms with Gasteiger partial charge in [0.15, 0.2) is 0 Å². The highest BCUT2D eigenvalue weighted by molar-refractivity contribution is 6.35. The van der Waals surface area contributed by atoms with Crippen LogP contribution < -0.4 is 10.1 Å². The van der Waals surface area contributed by atoms with Crippen LogP contribution in [0.5, 0.6) is 5.75 Å². The highest BCUT2D eigenvalue weighted by atomic mass is 35.5. The van der Waals surface area contributed by atoms with Gasteiger partial charge in [0.05, 0.1) is 10.7 Å². The molecule has 1 N–H and O–H groups in total. The second-order valence-corrected chi connectivity index (χ2v) is 5.24. The van der Waals surface area contributed by atoms with E-state index in [1.807, 2.05) is 6.92 Å². The molecule has 2 nitrogen and oxygen atoms in total. The van der Waals surface area contributed by atoms with E-state index in [2.05, 4.69) is 10.1 Å². The molecule has 6 heteroatoms. The van der Waals surface area contributed by atoms with Crippen LogP contribution in [-0.4, -0.2) is 6.61 Å². The quantitative estimate of drug-likeness (QED) is 0.779. The summed E-state index contributed by atoms with van der Waals surface area (Å²) < 4.78 is 29.2. The lowest BCUT2D eigenvalue weighted by Crippen LogP contribution is -2.07. The number of hydrogen-bond acceptors (Lipinski definition) is 2. The number of halogens is 4. The van der Waals surface area contributed by atoms with Crippen LogP contribution in [0.1, 0.15) is 11.1 Å². The zero-order valence-corrected chi connectivity index (χ0v) is 12.7. The fourth-order valence-corrected chi connectivity index (χ4v) is 2.28. The third-order valence-electron chi connectivity index (χ3n) is 2.91. The molecule has 0 aliphatic carbocycles. The summed E-state index contributed by atoms with van der Waals surface area (Å²) in [6.45, 7) is -0.713. The van der Waals surface area contributed by atoms with Crippen LogP contribution in [0.3, 0.4) is 0 Å². The predicted octanol–water partition coefficient (Wildman–Crippen LogP) is 5.52. The van der Waals surface area contributed by atoms with E-state index >= 15 is 0 Å². The Morgan fingerprint density at radius 1 is 1.14 bits per heavy atom. The number of alkyl halides is 2. The average Bonchev–Trinajstić information content (AvgIpc) is 2.42. The molecule has 0 aromatic heterocycles. The van der Waals surface area contributed by atoms with Crippen molar-refractivity contribution in [1.82, 2.24) is 0 Å². The van der Waals surface area contributed by atoms with E-state index in [1.54, 1.807) is 30.3 Å². The number of aryl methyl sites for hydroxylation is 1. The van der Waals surface area contributed by atoms with Crippen LogP contribution in [0.25, 0.3) is 0 Å². The van der Waals surface area contributed by atoms with Crippen molar-refractivity contribution in [2.24, 2.45) is 0 Å². The van der Waals surface area contributed by atoms with Gasteiger partial charge in [0.2, 0.25) is 0 Å². The number of para-hydroxylation sites is 1. The van der Waals surface area contributed by atoms with Crippen molar-refractivity contribution < 1.29 is 13.5 Å². The van der Waals surface area contributed by atoms with Crippen LogP contribution in [0.2, 0.25) is 10.0 Å². The summed E-state index contributed by atoms with van der Waals surface area (Å²) in [5.41, 5.74) is 2.11. The highest BCUT2D eigenvalue weighted by Gasteiger charge is 2.10. The van der Waals surface area contributed by atoms with E-state index in [4.69, 9.17) is 23.2 Å². The van der Waals surface area contributed by atoms with Gasteiger partial charge in [0, 0.05) is 17.1 Å². The predicted molar refractivity (Wildman–Crippen MR) is 81.6 cm³/mol. The maximum absolute atomic E-state index is 12.3. The summed E-state index contributed by atoms with van der Waals surface area (Å²) in [7, 11) is 0. The molecule has 0 spiro atoms. The molecule has 0 aliphatic rings. The molecule has 0 amide bonds. The summed E-state index contributed by atoms with van der Waals surface area (Å²) in [6.07, 6.45) is 0. The Balaban J connectivity index is 2.15. The zero-order chi connectivity index (χ0) is 15.4. The molecule has 0 aliphatic heterocycles. The molecule has 0 heterocycles. The summed E-state index contributed by atoms with van der Waals surface area (Å²) in [4.78, 5) is 0. The molecule has 0 unspecified atom stereocenters. The van der Waals surface area contributed by atoms with Gasteiger partial charge in [-0.25, -0.2) is 0 Å². The number of anilines is 1. The third kappa shape index (κ3) is 4.22. The molecule has 112 valence electrons. The van der Waals surface area contributed by atoms with E-state index in [1.165, 1.54) is 6.07 Å². The van der Waals surface area contributed by atoms with E-state index < -0.39 is 6.61 Å². The fraction of sp³-hybridized carbons (Fsp3) is 0.200. The third-order valence-corrected chi connectivity index (χ3v) is 3.63. The van der Waals surface area contributed by atoms with Crippen LogP contribution >= 0.6 is 23.2 Å². The summed E-state index contributed by atoms with van der Waals surface area (Å²) >= 11 is 12.2. The molecule has 2 aromatic carbocycles. The minimum absolute atomic E-state index is 0.134. The van der Waals surface area contributed by atoms with Crippen molar-refractivity contribution in [3.05, 3.63) is 57.6 Å². The smallest absolute Gasteiger partial charge is 0.387 e. The van der Waals surface area contributed by atoms with Gasteiger partial charge in [-0.1, -0.05) is 41.4 Å². The number of rotatable bonds is 5. The molecule has 21 heavy (non-hydrogen) atoms. The molecule has 0 bridgehead atoms. The Bertz CT molecular complexity index is 635. The standard InChI is InChI=1S/C15H13Cl2F2NO/c1-9-6-12(17)13(7-11(9)16)20-8-10-4-2-3-5-14(10)21-15(18)19/h2-7,15,20H,8H2,1H3. The summed E-state index contributed by atoms with van der Waals surface area (Å²) in [5.74, 6) is 0.134. The SMILES string of the molecule is Cc1cc(Cl)c(NCc2ccccc2OC(F)F)cc1Cl. The van der Waals surface area contributed by atoms with Crippen LogP contribution in [0.4, 0.5) is 14.5 Å². The van der Waals surface area contributed by atoms with Gasteiger partial charge in [-0.3, -0.25) is 0 Å². The Labute approximate surface area is 131 Å². The minimum Gasteiger partial charge on any atom is -0.434 e. The number of ether oxygens (including phenoxy) is 1. The molecule has 0 fully saturated rings. The topological polar surface area (TPSA) is 21.3 Å². The molecular formula is C15H13Cl2F2NO. The van der Waals surface area contributed by atoms with Gasteiger partial charge < -0.3 is 10.1 Å². The molecule has 2 aromatic rings. The largest absolute Gasteiger partial charge is 0.434 e. The van der Waals surface area contributed by atoms with E-state index in [-0.39, 0.29) is 5.75 Å². The van der Waals surface area contributed by atoms with E-state index in [0.29, 0.717) is 27.8 Å². The van der Waals surface area contributed by atoms with Crippen LogP contribution in [0.15, 0.2) is 36.4 Å². The molecule has 0 radical (unpaired) electrons. The van der Waals surface area contributed by atoms with Gasteiger partial charge in [0.25, 0.3) is 0 Å². The monoisotopic (exact) mass is 331 g/mol. The Morgan fingerprint density at radius 2 is 1.86 bits per heavy atom. The molecule has 0 saturated carbocycles. The lowest BCUT2D eigenvalue weighted by atomic mass is 10.2. The second kappa shape index (κ2) is 6.96. The fourth-order valence-electron chi connectivity index (χ4n) is 1.83. The summed E-state index contributed by atoms with van der Waals surface area (Å²) in [5, 5.41) is 4.17. The average molecular weight is 332 g/mol. The molecule has 2 rings (SSSR count). The first-order valence-electron chi connectivity index (χ1n) is 6.19. The van der Waals surface area contributed by atoms with Gasteiger partial charge in [-0.15, -0.1) is 0 Å². The van der Waals surface area contributed by atoms with Gasteiger partial charge in [0.1, 0.15) is 5.75 Å². The van der Waals surface area contributed by atoms with Gasteiger partial charge >= 0.3 is 6.61 Å².